The molecule has 0 radical (unpaired) electrons. The first-order valence-electron chi connectivity index (χ1n) is 10.2. The number of ether oxygens (including phenoxy) is 7. The van der Waals surface area contributed by atoms with Gasteiger partial charge in [-0.1, -0.05) is 26.8 Å². The van der Waals surface area contributed by atoms with Crippen molar-refractivity contribution in [3.63, 3.8) is 0 Å². The van der Waals surface area contributed by atoms with E-state index >= 15 is 0 Å². The van der Waals surface area contributed by atoms with Crippen LogP contribution in [0, 0.1) is 5.41 Å². The number of methoxy groups -OCH3 is 2. The van der Waals surface area contributed by atoms with E-state index in [9.17, 15) is 19.2 Å². The average molecular weight is 485 g/mol. The zero-order chi connectivity index (χ0) is 25.9. The number of carbonyl (C=O) groups is 4. The van der Waals surface area contributed by atoms with E-state index < -0.39 is 36.6 Å². The van der Waals surface area contributed by atoms with Gasteiger partial charge in [-0.3, -0.25) is 4.79 Å². The Balaban J connectivity index is 2.69. The molecule has 0 bridgehead atoms. The van der Waals surface area contributed by atoms with Gasteiger partial charge in [-0.15, -0.1) is 0 Å². The van der Waals surface area contributed by atoms with Crippen LogP contribution in [0.2, 0.25) is 0 Å². The van der Waals surface area contributed by atoms with Crippen molar-refractivity contribution in [1.82, 2.24) is 0 Å². The molecule has 12 nitrogen and oxygen atoms in total. The largest absolute Gasteiger partial charge is 0.513 e. The maximum absolute atomic E-state index is 12.3. The van der Waals surface area contributed by atoms with Crippen molar-refractivity contribution >= 4 is 24.4 Å². The summed E-state index contributed by atoms with van der Waals surface area (Å²) in [6.45, 7) is 7.19. The lowest BCUT2D eigenvalue weighted by Crippen LogP contribution is -2.37. The molecule has 1 aromatic rings. The summed E-state index contributed by atoms with van der Waals surface area (Å²) >= 11 is 0. The quantitative estimate of drug-likeness (QED) is 0.310. The van der Waals surface area contributed by atoms with Crippen LogP contribution >= 0.6 is 0 Å². The van der Waals surface area contributed by atoms with Crippen molar-refractivity contribution in [2.45, 2.75) is 46.3 Å². The van der Waals surface area contributed by atoms with E-state index in [1.54, 1.807) is 0 Å². The summed E-state index contributed by atoms with van der Waals surface area (Å²) in [5.74, 6) is -1.00. The first-order valence-corrected chi connectivity index (χ1v) is 10.2. The SMILES string of the molecule is COC(=O)Oc1ccc(C[C@H](N)C(=O)O[C@@H](C)COC(=O)OCC(C)(C)C)cc1OC(=O)OC. The Hall–Kier alpha value is -3.54. The fourth-order valence-corrected chi connectivity index (χ4v) is 2.27. The number of rotatable bonds is 9. The van der Waals surface area contributed by atoms with E-state index in [1.807, 2.05) is 20.8 Å². The fourth-order valence-electron chi connectivity index (χ4n) is 2.27. The predicted octanol–water partition coefficient (Wildman–Crippen LogP) is 2.98. The molecule has 0 spiro atoms. The van der Waals surface area contributed by atoms with Crippen LogP contribution in [0.5, 0.6) is 11.5 Å². The fraction of sp³-hybridized carbons (Fsp3) is 0.545. The van der Waals surface area contributed by atoms with Gasteiger partial charge in [0.05, 0.1) is 20.8 Å². The van der Waals surface area contributed by atoms with Crippen molar-refractivity contribution in [2.24, 2.45) is 11.1 Å². The van der Waals surface area contributed by atoms with Crippen molar-refractivity contribution in [2.75, 3.05) is 27.4 Å². The molecule has 0 amide bonds. The van der Waals surface area contributed by atoms with Crippen LogP contribution in [0.3, 0.4) is 0 Å². The normalized spacial score (nSPS) is 12.6. The maximum Gasteiger partial charge on any atom is 0.513 e. The third-order valence-corrected chi connectivity index (χ3v) is 3.86. The number of carbonyl (C=O) groups excluding carboxylic acids is 4. The van der Waals surface area contributed by atoms with Crippen LogP contribution in [0.25, 0.3) is 0 Å². The second-order valence-corrected chi connectivity index (χ2v) is 8.36. The molecular weight excluding hydrogens is 454 g/mol. The van der Waals surface area contributed by atoms with Crippen LogP contribution in [-0.4, -0.2) is 64.0 Å². The van der Waals surface area contributed by atoms with Crippen LogP contribution in [0.4, 0.5) is 14.4 Å². The Morgan fingerprint density at radius 3 is 2.06 bits per heavy atom. The minimum absolute atomic E-state index is 0.00390. The van der Waals surface area contributed by atoms with Gasteiger partial charge in [0.15, 0.2) is 11.5 Å². The predicted molar refractivity (Wildman–Crippen MR) is 116 cm³/mol. The van der Waals surface area contributed by atoms with Gasteiger partial charge in [0.1, 0.15) is 18.8 Å². The number of hydrogen-bond donors (Lipinski definition) is 1. The average Bonchev–Trinajstić information content (AvgIpc) is 2.77. The summed E-state index contributed by atoms with van der Waals surface area (Å²) in [5, 5.41) is 0. The molecule has 0 aromatic heterocycles. The Labute approximate surface area is 197 Å². The highest BCUT2D eigenvalue weighted by Crippen LogP contribution is 2.29. The molecule has 0 aliphatic carbocycles. The van der Waals surface area contributed by atoms with Crippen LogP contribution < -0.4 is 15.2 Å². The molecule has 2 atom stereocenters. The van der Waals surface area contributed by atoms with Crippen molar-refractivity contribution in [3.8, 4) is 11.5 Å². The number of esters is 1. The lowest BCUT2D eigenvalue weighted by molar-refractivity contribution is -0.152. The highest BCUT2D eigenvalue weighted by atomic mass is 16.7. The van der Waals surface area contributed by atoms with E-state index in [-0.39, 0.29) is 36.5 Å². The van der Waals surface area contributed by atoms with E-state index in [0.717, 1.165) is 14.2 Å². The molecule has 0 aliphatic rings. The van der Waals surface area contributed by atoms with Gasteiger partial charge in [0.25, 0.3) is 0 Å². The first kappa shape index (κ1) is 28.5. The Bertz CT molecular complexity index is 863. The van der Waals surface area contributed by atoms with Crippen LogP contribution in [-0.2, 0) is 34.9 Å². The van der Waals surface area contributed by atoms with Gasteiger partial charge in [-0.05, 0) is 36.5 Å². The summed E-state index contributed by atoms with van der Waals surface area (Å²) in [5.41, 5.74) is 6.18. The summed E-state index contributed by atoms with van der Waals surface area (Å²) in [7, 11) is 2.22. The van der Waals surface area contributed by atoms with Gasteiger partial charge >= 0.3 is 24.4 Å². The molecular formula is C22H31NO11. The summed E-state index contributed by atoms with van der Waals surface area (Å²) < 4.78 is 33.8. The molecule has 1 aromatic carbocycles. The molecule has 0 saturated carbocycles. The zero-order valence-electron chi connectivity index (χ0n) is 20.1. The third kappa shape index (κ3) is 10.9. The molecule has 0 heterocycles. The summed E-state index contributed by atoms with van der Waals surface area (Å²) in [6, 6.07) is 3.10. The topological polar surface area (TPSA) is 159 Å². The molecule has 190 valence electrons. The van der Waals surface area contributed by atoms with Crippen LogP contribution in [0.1, 0.15) is 33.3 Å². The monoisotopic (exact) mass is 485 g/mol. The molecule has 0 fully saturated rings. The zero-order valence-corrected chi connectivity index (χ0v) is 20.1. The van der Waals surface area contributed by atoms with E-state index in [1.165, 1.54) is 25.1 Å². The van der Waals surface area contributed by atoms with Crippen molar-refractivity contribution in [3.05, 3.63) is 23.8 Å². The van der Waals surface area contributed by atoms with E-state index in [2.05, 4.69) is 9.47 Å². The third-order valence-electron chi connectivity index (χ3n) is 3.86. The maximum atomic E-state index is 12.3. The molecule has 0 unspecified atom stereocenters. The van der Waals surface area contributed by atoms with Gasteiger partial charge in [0, 0.05) is 0 Å². The lowest BCUT2D eigenvalue weighted by atomic mass is 9.99. The minimum atomic E-state index is -1.09. The number of hydrogen-bond acceptors (Lipinski definition) is 12. The van der Waals surface area contributed by atoms with E-state index in [0.29, 0.717) is 5.56 Å². The molecule has 34 heavy (non-hydrogen) atoms. The summed E-state index contributed by atoms with van der Waals surface area (Å²) in [6.07, 6.45) is -3.72. The minimum Gasteiger partial charge on any atom is -0.458 e. The Morgan fingerprint density at radius 1 is 0.912 bits per heavy atom. The van der Waals surface area contributed by atoms with Crippen LogP contribution in [0.15, 0.2) is 18.2 Å². The van der Waals surface area contributed by atoms with Gasteiger partial charge < -0.3 is 38.9 Å². The molecule has 2 N–H and O–H groups in total. The number of benzene rings is 1. The highest BCUT2D eigenvalue weighted by Gasteiger charge is 2.22. The molecule has 0 aliphatic heterocycles. The molecule has 1 rings (SSSR count). The number of nitrogens with two attached hydrogens (primary N) is 1. The Morgan fingerprint density at radius 2 is 1.50 bits per heavy atom. The van der Waals surface area contributed by atoms with Gasteiger partial charge in [-0.2, -0.15) is 0 Å². The van der Waals surface area contributed by atoms with Crippen molar-refractivity contribution in [1.29, 1.82) is 0 Å². The van der Waals surface area contributed by atoms with Gasteiger partial charge in [0.2, 0.25) is 0 Å². The van der Waals surface area contributed by atoms with Crippen molar-refractivity contribution < 1.29 is 52.3 Å². The van der Waals surface area contributed by atoms with Gasteiger partial charge in [-0.25, -0.2) is 14.4 Å². The smallest absolute Gasteiger partial charge is 0.458 e. The first-order chi connectivity index (χ1) is 15.8. The standard InChI is InChI=1S/C22H31NO11/c1-13(11-30-21(27)31-12-22(2,3)4)32-18(24)15(23)9-14-7-8-16(33-19(25)28-5)17(10-14)34-20(26)29-6/h7-8,10,13,15H,9,11-12,23H2,1-6H3/t13-,15-/m0/s1. The second-order valence-electron chi connectivity index (χ2n) is 8.36. The Kier molecular flexibility index (Phi) is 11.1. The molecule has 0 saturated heterocycles. The highest BCUT2D eigenvalue weighted by molar-refractivity contribution is 5.76. The molecule has 12 heteroatoms. The second kappa shape index (κ2) is 13.2. The lowest BCUT2D eigenvalue weighted by Gasteiger charge is -2.19. The van der Waals surface area contributed by atoms with E-state index in [4.69, 9.17) is 29.4 Å². The summed E-state index contributed by atoms with van der Waals surface area (Å²) in [4.78, 5) is 46.8.